The van der Waals surface area contributed by atoms with Gasteiger partial charge in [0.25, 0.3) is 0 Å². The van der Waals surface area contributed by atoms with Crippen molar-refractivity contribution in [1.82, 2.24) is 10.6 Å². The van der Waals surface area contributed by atoms with Crippen molar-refractivity contribution in [3.8, 4) is 22.6 Å². The number of alkyl carbamates (subject to hydrolysis) is 1. The van der Waals surface area contributed by atoms with Crippen LogP contribution in [0.2, 0.25) is 0 Å². The van der Waals surface area contributed by atoms with E-state index in [4.69, 9.17) is 18.5 Å². The fourth-order valence-corrected chi connectivity index (χ4v) is 6.75. The summed E-state index contributed by atoms with van der Waals surface area (Å²) in [5, 5.41) is 15.1. The van der Waals surface area contributed by atoms with Crippen LogP contribution >= 0.6 is 7.82 Å². The van der Waals surface area contributed by atoms with E-state index >= 15 is 0 Å². The molecule has 4 aromatic carbocycles. The van der Waals surface area contributed by atoms with Gasteiger partial charge in [0.1, 0.15) is 30.2 Å². The van der Waals surface area contributed by atoms with Gasteiger partial charge in [0.2, 0.25) is 5.91 Å². The lowest BCUT2D eigenvalue weighted by molar-refractivity contribution is -0.145. The summed E-state index contributed by atoms with van der Waals surface area (Å²) in [7, 11) is -2.99. The number of carbonyl (C=O) groups excluding carboxylic acids is 3. The van der Waals surface area contributed by atoms with Crippen molar-refractivity contribution in [2.45, 2.75) is 37.5 Å². The molecule has 2 amide bonds. The van der Waals surface area contributed by atoms with Crippen LogP contribution in [0, 0.1) is 0 Å². The van der Waals surface area contributed by atoms with Gasteiger partial charge in [-0.05, 0) is 57.6 Å². The molecular weight excluding hydrogens is 639 g/mol. The molecule has 0 fully saturated rings. The molecule has 0 radical (unpaired) electrons. The van der Waals surface area contributed by atoms with E-state index in [1.807, 2.05) is 48.5 Å². The summed E-state index contributed by atoms with van der Waals surface area (Å²) in [5.41, 5.74) is 5.95. The maximum absolute atomic E-state index is 13.7. The van der Waals surface area contributed by atoms with E-state index in [2.05, 4.69) is 10.6 Å². The summed E-state index contributed by atoms with van der Waals surface area (Å²) in [6.07, 6.45) is -0.792. The van der Waals surface area contributed by atoms with Gasteiger partial charge in [-0.3, -0.25) is 14.2 Å². The summed E-state index contributed by atoms with van der Waals surface area (Å²) >= 11 is 0. The smallest absolute Gasteiger partial charge is 0.508 e. The van der Waals surface area contributed by atoms with E-state index in [1.165, 1.54) is 25.3 Å². The number of carbonyl (C=O) groups is 3. The normalized spacial score (nSPS) is 17.5. The number of nitrogens with one attached hydrogen (secondary N) is 2. The zero-order valence-electron chi connectivity index (χ0n) is 25.8. The standard InChI is InChI=1S/C35H33N2O10P/c1-44-34(40)31(18-22-12-15-32-23(16-22)19-46-48(42,43)47-32)36-33(39)30(17-21-10-13-24(38)14-11-21)37-35(41)45-20-29-27-8-4-2-6-25(27)26-7-3-5-9-28(26)29/h2-16,29-31,38H,17-20H2,1H3,(H,36,39)(H,37,41)(H,42,43)/t30-,31-/m0/s1. The van der Waals surface area contributed by atoms with Crippen molar-refractivity contribution in [1.29, 1.82) is 0 Å². The van der Waals surface area contributed by atoms with E-state index in [1.54, 1.807) is 24.3 Å². The van der Waals surface area contributed by atoms with Gasteiger partial charge in [0.05, 0.1) is 13.7 Å². The van der Waals surface area contributed by atoms with E-state index in [-0.39, 0.29) is 43.5 Å². The average molecular weight is 673 g/mol. The molecule has 1 unspecified atom stereocenters. The molecule has 2 aliphatic rings. The monoisotopic (exact) mass is 672 g/mol. The second-order valence-corrected chi connectivity index (χ2v) is 12.8. The highest BCUT2D eigenvalue weighted by Gasteiger charge is 2.33. The Hall–Kier alpha value is -5.16. The van der Waals surface area contributed by atoms with E-state index in [0.717, 1.165) is 22.3 Å². The predicted molar refractivity (Wildman–Crippen MR) is 173 cm³/mol. The molecule has 1 aliphatic carbocycles. The maximum atomic E-state index is 13.7. The first-order chi connectivity index (χ1) is 23.1. The number of esters is 1. The second kappa shape index (κ2) is 13.9. The Morgan fingerprint density at radius 2 is 1.50 bits per heavy atom. The number of fused-ring (bicyclic) bond motifs is 4. The lowest BCUT2D eigenvalue weighted by atomic mass is 9.98. The number of methoxy groups -OCH3 is 1. The Morgan fingerprint density at radius 1 is 0.875 bits per heavy atom. The summed E-state index contributed by atoms with van der Waals surface area (Å²) in [4.78, 5) is 49.4. The van der Waals surface area contributed by atoms with Crippen LogP contribution in [0.3, 0.4) is 0 Å². The first-order valence-corrected chi connectivity index (χ1v) is 16.7. The van der Waals surface area contributed by atoms with Gasteiger partial charge in [0.15, 0.2) is 0 Å². The third-order valence-corrected chi connectivity index (χ3v) is 9.18. The Morgan fingerprint density at radius 3 is 2.17 bits per heavy atom. The summed E-state index contributed by atoms with van der Waals surface area (Å²) in [6.45, 7) is -0.138. The minimum atomic E-state index is -4.19. The number of aromatic hydroxyl groups is 1. The first-order valence-electron chi connectivity index (χ1n) is 15.2. The minimum Gasteiger partial charge on any atom is -0.508 e. The molecule has 1 heterocycles. The molecule has 48 heavy (non-hydrogen) atoms. The number of hydrogen-bond donors (Lipinski definition) is 4. The molecule has 4 N–H and O–H groups in total. The fourth-order valence-electron chi connectivity index (χ4n) is 5.97. The Balaban J connectivity index is 1.17. The Kier molecular flexibility index (Phi) is 9.49. The van der Waals surface area contributed by atoms with Crippen LogP contribution in [-0.4, -0.2) is 53.8 Å². The number of ether oxygens (including phenoxy) is 2. The molecule has 0 bridgehead atoms. The van der Waals surface area contributed by atoms with E-state index in [0.29, 0.717) is 16.7 Å². The molecule has 13 heteroatoms. The van der Waals surface area contributed by atoms with Crippen LogP contribution in [0.25, 0.3) is 11.1 Å². The van der Waals surface area contributed by atoms with Gasteiger partial charge in [-0.25, -0.2) is 14.2 Å². The van der Waals surface area contributed by atoms with Crippen LogP contribution in [-0.2, 0) is 47.6 Å². The predicted octanol–water partition coefficient (Wildman–Crippen LogP) is 4.75. The molecule has 0 spiro atoms. The van der Waals surface area contributed by atoms with Gasteiger partial charge >= 0.3 is 19.9 Å². The van der Waals surface area contributed by atoms with Crippen LogP contribution in [0.1, 0.15) is 33.7 Å². The quantitative estimate of drug-likeness (QED) is 0.136. The average Bonchev–Trinajstić information content (AvgIpc) is 3.40. The molecule has 12 nitrogen and oxygen atoms in total. The van der Waals surface area contributed by atoms with Crippen molar-refractivity contribution in [3.05, 3.63) is 119 Å². The zero-order chi connectivity index (χ0) is 33.8. The Labute approximate surface area is 276 Å². The SMILES string of the molecule is COC(=O)[C@H](Cc1ccc2c(c1)COP(=O)(O)O2)NC(=O)[C@H](Cc1ccc(O)cc1)NC(=O)OCC1c2ccccc2-c2ccccc21. The highest BCUT2D eigenvalue weighted by molar-refractivity contribution is 7.47. The topological polar surface area (TPSA) is 170 Å². The molecule has 3 atom stereocenters. The third-order valence-electron chi connectivity index (χ3n) is 8.29. The van der Waals surface area contributed by atoms with Gasteiger partial charge in [-0.1, -0.05) is 66.7 Å². The molecule has 1 aliphatic heterocycles. The van der Waals surface area contributed by atoms with Crippen LogP contribution in [0.5, 0.6) is 11.5 Å². The molecule has 0 saturated carbocycles. The number of benzene rings is 4. The number of hydrogen-bond acceptors (Lipinski definition) is 9. The maximum Gasteiger partial charge on any atom is 0.527 e. The summed E-state index contributed by atoms with van der Waals surface area (Å²) in [5.74, 6) is -1.36. The highest BCUT2D eigenvalue weighted by Crippen LogP contribution is 2.50. The van der Waals surface area contributed by atoms with Gasteiger partial charge in [0, 0.05) is 24.3 Å². The van der Waals surface area contributed by atoms with Crippen molar-refractivity contribution in [2.75, 3.05) is 13.7 Å². The van der Waals surface area contributed by atoms with Crippen LogP contribution in [0.4, 0.5) is 4.79 Å². The van der Waals surface area contributed by atoms with E-state index in [9.17, 15) is 28.9 Å². The Bertz CT molecular complexity index is 1850. The van der Waals surface area contributed by atoms with Gasteiger partial charge < -0.3 is 29.7 Å². The number of phenols is 1. The van der Waals surface area contributed by atoms with Gasteiger partial charge in [-0.2, -0.15) is 0 Å². The fraction of sp³-hybridized carbons (Fsp3) is 0.229. The summed E-state index contributed by atoms with van der Waals surface area (Å²) in [6, 6.07) is 24.4. The lowest BCUT2D eigenvalue weighted by Gasteiger charge is -2.24. The molecular formula is C35H33N2O10P. The molecule has 0 saturated heterocycles. The molecule has 248 valence electrons. The largest absolute Gasteiger partial charge is 0.527 e. The first kappa shape index (κ1) is 32.8. The van der Waals surface area contributed by atoms with Crippen LogP contribution in [0.15, 0.2) is 91.0 Å². The number of amides is 2. The van der Waals surface area contributed by atoms with Crippen molar-refractivity contribution in [2.24, 2.45) is 0 Å². The molecule has 0 aromatic heterocycles. The van der Waals surface area contributed by atoms with E-state index < -0.39 is 37.9 Å². The summed E-state index contributed by atoms with van der Waals surface area (Å²) < 4.78 is 32.3. The van der Waals surface area contributed by atoms with Crippen LogP contribution < -0.4 is 15.2 Å². The number of rotatable bonds is 10. The highest BCUT2D eigenvalue weighted by atomic mass is 31.2. The number of phosphoric acid groups is 1. The number of phosphoric ester groups is 1. The zero-order valence-corrected chi connectivity index (χ0v) is 26.7. The lowest BCUT2D eigenvalue weighted by Crippen LogP contribution is -2.53. The van der Waals surface area contributed by atoms with Crippen molar-refractivity contribution in [3.63, 3.8) is 0 Å². The van der Waals surface area contributed by atoms with Crippen molar-refractivity contribution < 1.29 is 47.5 Å². The van der Waals surface area contributed by atoms with Crippen molar-refractivity contribution >= 4 is 25.8 Å². The third kappa shape index (κ3) is 7.36. The number of phenolic OH excluding ortho intramolecular Hbond substituents is 1. The molecule has 6 rings (SSSR count). The minimum absolute atomic E-state index is 0.000642. The van der Waals surface area contributed by atoms with Gasteiger partial charge in [-0.15, -0.1) is 0 Å². The second-order valence-electron chi connectivity index (χ2n) is 11.5. The molecule has 4 aromatic rings.